The van der Waals surface area contributed by atoms with Crippen LogP contribution < -0.4 is 0 Å². The molecule has 4 rings (SSSR count). The Morgan fingerprint density at radius 2 is 1.89 bits per heavy atom. The van der Waals surface area contributed by atoms with E-state index in [4.69, 9.17) is 16.3 Å². The van der Waals surface area contributed by atoms with Crippen molar-refractivity contribution in [1.29, 1.82) is 0 Å². The lowest BCUT2D eigenvalue weighted by molar-refractivity contribution is 0.0884. The van der Waals surface area contributed by atoms with Gasteiger partial charge in [0.1, 0.15) is 18.2 Å². The van der Waals surface area contributed by atoms with E-state index in [1.165, 1.54) is 23.1 Å². The van der Waals surface area contributed by atoms with Crippen LogP contribution in [0.4, 0.5) is 9.18 Å². The number of halogens is 2. The Bertz CT molecular complexity index is 1030. The summed E-state index contributed by atoms with van der Waals surface area (Å²) in [5.41, 5.74) is 2.73. The van der Waals surface area contributed by atoms with Crippen LogP contribution in [-0.2, 0) is 17.9 Å². The number of aromatic hydroxyl groups is 1. The van der Waals surface area contributed by atoms with Crippen molar-refractivity contribution in [3.05, 3.63) is 99.8 Å². The summed E-state index contributed by atoms with van der Waals surface area (Å²) in [6.07, 6.45) is -0.551. The number of amides is 1. The van der Waals surface area contributed by atoms with Crippen molar-refractivity contribution >= 4 is 17.7 Å². The second-order valence-corrected chi connectivity index (χ2v) is 7.05. The van der Waals surface area contributed by atoms with E-state index in [-0.39, 0.29) is 24.7 Å². The number of hydrogen-bond acceptors (Lipinski definition) is 3. The third-order valence-electron chi connectivity index (χ3n) is 4.78. The number of fused-ring (bicyclic) bond motifs is 1. The highest BCUT2D eigenvalue weighted by molar-refractivity contribution is 6.30. The second-order valence-electron chi connectivity index (χ2n) is 6.62. The van der Waals surface area contributed by atoms with Crippen LogP contribution >= 0.6 is 11.6 Å². The van der Waals surface area contributed by atoms with Crippen LogP contribution in [0.25, 0.3) is 0 Å². The number of nitrogens with zero attached hydrogens (tertiary/aromatic N) is 1. The average molecular weight is 398 g/mol. The van der Waals surface area contributed by atoms with E-state index in [2.05, 4.69) is 0 Å². The molecule has 142 valence electrons. The summed E-state index contributed by atoms with van der Waals surface area (Å²) in [4.78, 5) is 14.3. The molecule has 3 aromatic carbocycles. The number of carbonyl (C=O) groups is 1. The molecular formula is C22H17ClFNO3. The molecule has 0 saturated heterocycles. The molecule has 4 nitrogen and oxygen atoms in total. The molecule has 0 spiro atoms. The average Bonchev–Trinajstić information content (AvgIpc) is 3.07. The lowest BCUT2D eigenvalue weighted by atomic mass is 9.97. The number of ether oxygens (including phenoxy) is 1. The number of hydrogen-bond donors (Lipinski definition) is 1. The van der Waals surface area contributed by atoms with Gasteiger partial charge in [0.25, 0.3) is 0 Å². The highest BCUT2D eigenvalue weighted by atomic mass is 35.5. The number of phenolic OH excluding ortho intramolecular Hbond substituents is 1. The van der Waals surface area contributed by atoms with Crippen molar-refractivity contribution in [2.75, 3.05) is 0 Å². The number of benzene rings is 3. The maximum atomic E-state index is 13.7. The summed E-state index contributed by atoms with van der Waals surface area (Å²) in [7, 11) is 0. The standard InChI is InChI=1S/C22H17ClFNO3/c23-16-6-9-20(26)19(11-16)21-18-8-7-17(24)10-15(18)12-25(21)22(27)28-13-14-4-2-1-3-5-14/h1-11,21,26H,12-13H2. The molecule has 1 atom stereocenters. The van der Waals surface area contributed by atoms with Gasteiger partial charge in [-0.15, -0.1) is 0 Å². The van der Waals surface area contributed by atoms with Gasteiger partial charge in [-0.25, -0.2) is 9.18 Å². The van der Waals surface area contributed by atoms with Crippen molar-refractivity contribution < 1.29 is 19.0 Å². The van der Waals surface area contributed by atoms with E-state index in [1.54, 1.807) is 18.2 Å². The van der Waals surface area contributed by atoms with Gasteiger partial charge in [0.2, 0.25) is 0 Å². The molecule has 0 saturated carbocycles. The second kappa shape index (κ2) is 7.52. The van der Waals surface area contributed by atoms with Crippen molar-refractivity contribution in [2.45, 2.75) is 19.2 Å². The molecule has 1 unspecified atom stereocenters. The third kappa shape index (κ3) is 3.53. The third-order valence-corrected chi connectivity index (χ3v) is 5.01. The minimum Gasteiger partial charge on any atom is -0.508 e. The molecule has 0 bridgehead atoms. The Labute approximate surface area is 166 Å². The van der Waals surface area contributed by atoms with Crippen LogP contribution in [0.3, 0.4) is 0 Å². The van der Waals surface area contributed by atoms with Crippen LogP contribution in [0.1, 0.15) is 28.3 Å². The summed E-state index contributed by atoms with van der Waals surface area (Å²) in [5.74, 6) is -0.375. The minimum atomic E-state index is -0.613. The molecule has 28 heavy (non-hydrogen) atoms. The first-order valence-electron chi connectivity index (χ1n) is 8.77. The van der Waals surface area contributed by atoms with Crippen LogP contribution in [-0.4, -0.2) is 16.1 Å². The number of phenols is 1. The van der Waals surface area contributed by atoms with E-state index >= 15 is 0 Å². The molecule has 1 aliphatic rings. The van der Waals surface area contributed by atoms with Crippen LogP contribution in [0.15, 0.2) is 66.7 Å². The van der Waals surface area contributed by atoms with E-state index < -0.39 is 12.1 Å². The normalized spacial score (nSPS) is 15.4. The van der Waals surface area contributed by atoms with Gasteiger partial charge in [0.05, 0.1) is 12.6 Å². The van der Waals surface area contributed by atoms with Gasteiger partial charge < -0.3 is 9.84 Å². The first-order chi connectivity index (χ1) is 13.5. The van der Waals surface area contributed by atoms with Crippen LogP contribution in [0.5, 0.6) is 5.75 Å². The largest absolute Gasteiger partial charge is 0.508 e. The van der Waals surface area contributed by atoms with Crippen molar-refractivity contribution in [3.8, 4) is 5.75 Å². The molecule has 0 aromatic heterocycles. The number of carbonyl (C=O) groups excluding carboxylic acids is 1. The molecule has 1 aliphatic heterocycles. The summed E-state index contributed by atoms with van der Waals surface area (Å²) < 4.78 is 19.2. The predicted molar refractivity (Wildman–Crippen MR) is 104 cm³/mol. The minimum absolute atomic E-state index is 0.00688. The van der Waals surface area contributed by atoms with Gasteiger partial charge in [-0.05, 0) is 47.0 Å². The highest BCUT2D eigenvalue weighted by Gasteiger charge is 2.37. The smallest absolute Gasteiger partial charge is 0.411 e. The first kappa shape index (κ1) is 18.3. The summed E-state index contributed by atoms with van der Waals surface area (Å²) in [6.45, 7) is 0.298. The zero-order valence-corrected chi connectivity index (χ0v) is 15.6. The maximum Gasteiger partial charge on any atom is 0.411 e. The lowest BCUT2D eigenvalue weighted by Crippen LogP contribution is -2.30. The zero-order valence-electron chi connectivity index (χ0n) is 14.8. The van der Waals surface area contributed by atoms with Crippen molar-refractivity contribution in [1.82, 2.24) is 4.90 Å². The predicted octanol–water partition coefficient (Wildman–Crippen LogP) is 5.43. The zero-order chi connectivity index (χ0) is 19.7. The van der Waals surface area contributed by atoms with E-state index in [9.17, 15) is 14.3 Å². The van der Waals surface area contributed by atoms with Crippen molar-refractivity contribution in [3.63, 3.8) is 0 Å². The molecule has 1 N–H and O–H groups in total. The molecule has 3 aromatic rings. The first-order valence-corrected chi connectivity index (χ1v) is 9.15. The topological polar surface area (TPSA) is 49.8 Å². The monoisotopic (exact) mass is 397 g/mol. The fraction of sp³-hybridized carbons (Fsp3) is 0.136. The van der Waals surface area contributed by atoms with Gasteiger partial charge >= 0.3 is 6.09 Å². The van der Waals surface area contributed by atoms with Gasteiger partial charge in [0, 0.05) is 10.6 Å². The Hall–Kier alpha value is -3.05. The van der Waals surface area contributed by atoms with E-state index in [1.807, 2.05) is 30.3 Å². The van der Waals surface area contributed by atoms with E-state index in [0.29, 0.717) is 16.1 Å². The fourth-order valence-corrected chi connectivity index (χ4v) is 3.65. The van der Waals surface area contributed by atoms with Gasteiger partial charge in [-0.1, -0.05) is 48.0 Å². The Morgan fingerprint density at radius 3 is 2.68 bits per heavy atom. The van der Waals surface area contributed by atoms with Crippen LogP contribution in [0.2, 0.25) is 5.02 Å². The molecule has 6 heteroatoms. The van der Waals surface area contributed by atoms with Crippen molar-refractivity contribution in [2.24, 2.45) is 0 Å². The Kier molecular flexibility index (Phi) is 4.92. The summed E-state index contributed by atoms with van der Waals surface area (Å²) in [6, 6.07) is 17.7. The molecule has 1 amide bonds. The Balaban J connectivity index is 1.67. The molecule has 1 heterocycles. The maximum absolute atomic E-state index is 13.7. The quantitative estimate of drug-likeness (QED) is 0.641. The SMILES string of the molecule is O=C(OCc1ccccc1)N1Cc2cc(F)ccc2C1c1cc(Cl)ccc1O. The number of rotatable bonds is 3. The Morgan fingerprint density at radius 1 is 1.11 bits per heavy atom. The highest BCUT2D eigenvalue weighted by Crippen LogP contribution is 2.43. The van der Waals surface area contributed by atoms with Gasteiger partial charge in [-0.3, -0.25) is 4.90 Å². The van der Waals surface area contributed by atoms with E-state index in [0.717, 1.165) is 11.1 Å². The molecular weight excluding hydrogens is 381 g/mol. The molecule has 0 aliphatic carbocycles. The van der Waals surface area contributed by atoms with Gasteiger partial charge in [0.15, 0.2) is 0 Å². The molecule has 0 fully saturated rings. The summed E-state index contributed by atoms with van der Waals surface area (Å²) >= 11 is 6.11. The van der Waals surface area contributed by atoms with Gasteiger partial charge in [-0.2, -0.15) is 0 Å². The molecule has 0 radical (unpaired) electrons. The lowest BCUT2D eigenvalue weighted by Gasteiger charge is -2.26. The van der Waals surface area contributed by atoms with Crippen LogP contribution in [0, 0.1) is 5.82 Å². The fourth-order valence-electron chi connectivity index (χ4n) is 3.47. The summed E-state index contributed by atoms with van der Waals surface area (Å²) in [5, 5.41) is 10.8.